The molecule has 0 aliphatic heterocycles. The fourth-order valence-electron chi connectivity index (χ4n) is 4.15. The SMILES string of the molecule is CCCCCCOc1cccc(NC(=O)O[C@H]2CCCC[C@@H]2[NH+](CC)CC)c1.[Cl-]. The molecule has 1 amide bonds. The minimum atomic E-state index is -0.358. The van der Waals surface area contributed by atoms with Crippen LogP contribution in [0.15, 0.2) is 24.3 Å². The Bertz CT molecular complexity index is 581. The van der Waals surface area contributed by atoms with Crippen molar-refractivity contribution in [2.75, 3.05) is 25.0 Å². The fourth-order valence-corrected chi connectivity index (χ4v) is 4.15. The minimum absolute atomic E-state index is 0. The third-order valence-electron chi connectivity index (χ3n) is 5.74. The van der Waals surface area contributed by atoms with Crippen LogP contribution in [-0.2, 0) is 4.74 Å². The highest BCUT2D eigenvalue weighted by atomic mass is 35.5. The van der Waals surface area contributed by atoms with Gasteiger partial charge in [0.05, 0.1) is 19.7 Å². The van der Waals surface area contributed by atoms with Crippen LogP contribution < -0.4 is 27.4 Å². The zero-order valence-corrected chi connectivity index (χ0v) is 19.1. The lowest BCUT2D eigenvalue weighted by atomic mass is 9.91. The topological polar surface area (TPSA) is 52.0 Å². The number of carbonyl (C=O) groups excluding carboxylic acids is 1. The van der Waals surface area contributed by atoms with Gasteiger partial charge in [-0.15, -0.1) is 0 Å². The quantitative estimate of drug-likeness (QED) is 0.526. The van der Waals surface area contributed by atoms with Gasteiger partial charge in [-0.25, -0.2) is 4.79 Å². The molecule has 1 saturated carbocycles. The first kappa shape index (κ1) is 25.6. The number of anilines is 1. The monoisotopic (exact) mass is 426 g/mol. The summed E-state index contributed by atoms with van der Waals surface area (Å²) in [4.78, 5) is 14.0. The van der Waals surface area contributed by atoms with Gasteiger partial charge in [-0.1, -0.05) is 32.3 Å². The van der Waals surface area contributed by atoms with E-state index < -0.39 is 0 Å². The molecule has 0 spiro atoms. The first-order valence-corrected chi connectivity index (χ1v) is 11.2. The van der Waals surface area contributed by atoms with Crippen LogP contribution in [0.3, 0.4) is 0 Å². The van der Waals surface area contributed by atoms with Crippen molar-refractivity contribution in [3.63, 3.8) is 0 Å². The van der Waals surface area contributed by atoms with E-state index in [1.165, 1.54) is 30.6 Å². The van der Waals surface area contributed by atoms with Gasteiger partial charge in [0.25, 0.3) is 0 Å². The van der Waals surface area contributed by atoms with Crippen molar-refractivity contribution in [3.05, 3.63) is 24.3 Å². The predicted octanol–water partition coefficient (Wildman–Crippen LogP) is 1.43. The van der Waals surface area contributed by atoms with Crippen LogP contribution in [0, 0.1) is 0 Å². The van der Waals surface area contributed by atoms with Crippen molar-refractivity contribution in [2.45, 2.75) is 84.3 Å². The molecule has 29 heavy (non-hydrogen) atoms. The molecular weight excluding hydrogens is 388 g/mol. The first-order valence-electron chi connectivity index (χ1n) is 11.2. The van der Waals surface area contributed by atoms with Crippen LogP contribution >= 0.6 is 0 Å². The van der Waals surface area contributed by atoms with Gasteiger partial charge >= 0.3 is 6.09 Å². The molecule has 1 fully saturated rings. The van der Waals surface area contributed by atoms with Gasteiger partial charge in [0.1, 0.15) is 11.8 Å². The highest BCUT2D eigenvalue weighted by Crippen LogP contribution is 2.22. The van der Waals surface area contributed by atoms with E-state index in [0.29, 0.717) is 12.6 Å². The van der Waals surface area contributed by atoms with Crippen molar-refractivity contribution in [3.8, 4) is 5.75 Å². The van der Waals surface area contributed by atoms with E-state index in [2.05, 4.69) is 26.1 Å². The summed E-state index contributed by atoms with van der Waals surface area (Å²) < 4.78 is 11.7. The molecule has 6 heteroatoms. The summed E-state index contributed by atoms with van der Waals surface area (Å²) >= 11 is 0. The lowest BCUT2D eigenvalue weighted by molar-refractivity contribution is -0.926. The number of unbranched alkanes of at least 4 members (excludes halogenated alkanes) is 3. The van der Waals surface area contributed by atoms with Gasteiger partial charge in [-0.05, 0) is 51.7 Å². The van der Waals surface area contributed by atoms with E-state index in [-0.39, 0.29) is 24.6 Å². The molecular formula is C23H39ClN2O3. The third-order valence-corrected chi connectivity index (χ3v) is 5.74. The molecule has 2 rings (SSSR count). The number of quaternary nitrogens is 1. The molecule has 1 aromatic rings. The Hall–Kier alpha value is -1.46. The summed E-state index contributed by atoms with van der Waals surface area (Å²) in [7, 11) is 0. The van der Waals surface area contributed by atoms with E-state index in [1.807, 2.05) is 24.3 Å². The molecule has 0 saturated heterocycles. The van der Waals surface area contributed by atoms with E-state index in [0.717, 1.165) is 50.2 Å². The normalized spacial score (nSPS) is 18.8. The second-order valence-electron chi connectivity index (χ2n) is 7.76. The van der Waals surface area contributed by atoms with E-state index in [1.54, 1.807) is 0 Å². The van der Waals surface area contributed by atoms with E-state index in [4.69, 9.17) is 9.47 Å². The second-order valence-corrected chi connectivity index (χ2v) is 7.76. The Morgan fingerprint density at radius 1 is 1.10 bits per heavy atom. The number of benzene rings is 1. The highest BCUT2D eigenvalue weighted by molar-refractivity contribution is 5.85. The van der Waals surface area contributed by atoms with E-state index in [9.17, 15) is 4.79 Å². The van der Waals surface area contributed by atoms with Crippen LogP contribution in [0.4, 0.5) is 10.5 Å². The van der Waals surface area contributed by atoms with Crippen molar-refractivity contribution in [2.24, 2.45) is 0 Å². The van der Waals surface area contributed by atoms with Crippen molar-refractivity contribution >= 4 is 11.8 Å². The van der Waals surface area contributed by atoms with Crippen LogP contribution in [0.5, 0.6) is 5.75 Å². The molecule has 166 valence electrons. The smallest absolute Gasteiger partial charge is 0.412 e. The minimum Gasteiger partial charge on any atom is -1.00 e. The number of rotatable bonds is 11. The Morgan fingerprint density at radius 2 is 1.86 bits per heavy atom. The zero-order chi connectivity index (χ0) is 20.2. The van der Waals surface area contributed by atoms with Gasteiger partial charge in [0, 0.05) is 18.2 Å². The maximum absolute atomic E-state index is 12.5. The number of likely N-dealkylation sites (N-methyl/N-ethyl adjacent to an activating group) is 1. The predicted molar refractivity (Wildman–Crippen MR) is 114 cm³/mol. The number of hydrogen-bond donors (Lipinski definition) is 2. The first-order chi connectivity index (χ1) is 13.7. The van der Waals surface area contributed by atoms with Crippen molar-refractivity contribution in [1.82, 2.24) is 0 Å². The summed E-state index contributed by atoms with van der Waals surface area (Å²) in [6.45, 7) is 9.47. The molecule has 1 aliphatic rings. The standard InChI is InChI=1S/C23H38N2O3.ClH/c1-4-7-8-11-17-27-20-14-12-13-19(18-20)24-23(26)28-22-16-10-9-15-21(22)25(5-2)6-3;/h12-14,18,21-22H,4-11,15-17H2,1-3H3,(H,24,26);1H/t21-,22-;/m0./s1. The van der Waals surface area contributed by atoms with Gasteiger partial charge in [0.15, 0.2) is 6.10 Å². The molecule has 1 aliphatic carbocycles. The molecule has 0 heterocycles. The average Bonchev–Trinajstić information content (AvgIpc) is 2.70. The summed E-state index contributed by atoms with van der Waals surface area (Å²) in [5.41, 5.74) is 0.721. The largest absolute Gasteiger partial charge is 1.00 e. The number of hydrogen-bond acceptors (Lipinski definition) is 3. The summed E-state index contributed by atoms with van der Waals surface area (Å²) in [6.07, 6.45) is 8.82. The Balaban J connectivity index is 0.00000420. The number of amides is 1. The lowest BCUT2D eigenvalue weighted by Gasteiger charge is -2.35. The number of nitrogens with one attached hydrogen (secondary N) is 2. The van der Waals surface area contributed by atoms with Gasteiger partial charge < -0.3 is 26.8 Å². The molecule has 0 unspecified atom stereocenters. The molecule has 0 radical (unpaired) electrons. The maximum atomic E-state index is 12.5. The zero-order valence-electron chi connectivity index (χ0n) is 18.3. The number of halogens is 1. The van der Waals surface area contributed by atoms with Crippen molar-refractivity contribution in [1.29, 1.82) is 0 Å². The Morgan fingerprint density at radius 3 is 2.59 bits per heavy atom. The third kappa shape index (κ3) is 8.83. The van der Waals surface area contributed by atoms with Gasteiger partial charge in [-0.2, -0.15) is 0 Å². The van der Waals surface area contributed by atoms with Gasteiger partial charge in [-0.3, -0.25) is 5.32 Å². The van der Waals surface area contributed by atoms with Crippen LogP contribution in [0.25, 0.3) is 0 Å². The van der Waals surface area contributed by atoms with Crippen LogP contribution in [0.1, 0.15) is 72.1 Å². The van der Waals surface area contributed by atoms with Gasteiger partial charge in [0.2, 0.25) is 0 Å². The fraction of sp³-hybridized carbons (Fsp3) is 0.696. The maximum Gasteiger partial charge on any atom is 0.412 e. The van der Waals surface area contributed by atoms with Crippen molar-refractivity contribution < 1.29 is 31.6 Å². The Labute approximate surface area is 182 Å². The molecule has 0 bridgehead atoms. The summed E-state index contributed by atoms with van der Waals surface area (Å²) in [5, 5.41) is 2.89. The lowest BCUT2D eigenvalue weighted by Crippen LogP contribution is -3.16. The second kappa shape index (κ2) is 14.5. The summed E-state index contributed by atoms with van der Waals surface area (Å²) in [5.74, 6) is 0.789. The van der Waals surface area contributed by atoms with Crippen LogP contribution in [-0.4, -0.2) is 37.9 Å². The molecule has 1 aromatic carbocycles. The Kier molecular flexibility index (Phi) is 12.8. The molecule has 2 atom stereocenters. The molecule has 0 aromatic heterocycles. The van der Waals surface area contributed by atoms with E-state index >= 15 is 0 Å². The number of ether oxygens (including phenoxy) is 2. The molecule has 2 N–H and O–H groups in total. The average molecular weight is 427 g/mol. The van der Waals surface area contributed by atoms with Crippen LogP contribution in [0.2, 0.25) is 0 Å². The number of carbonyl (C=O) groups is 1. The summed E-state index contributed by atoms with van der Waals surface area (Å²) in [6, 6.07) is 7.98. The highest BCUT2D eigenvalue weighted by Gasteiger charge is 2.34. The molecule has 5 nitrogen and oxygen atoms in total.